The number of carbonyl (C=O) groups is 2. The van der Waals surface area contributed by atoms with E-state index in [1.165, 1.54) is 30.7 Å². The van der Waals surface area contributed by atoms with Crippen LogP contribution in [-0.2, 0) is 11.3 Å². The van der Waals surface area contributed by atoms with Crippen molar-refractivity contribution >= 4 is 11.8 Å². The van der Waals surface area contributed by atoms with Gasteiger partial charge in [0, 0.05) is 38.1 Å². The van der Waals surface area contributed by atoms with Crippen molar-refractivity contribution in [3.8, 4) is 0 Å². The van der Waals surface area contributed by atoms with Crippen molar-refractivity contribution < 1.29 is 14.0 Å². The third kappa shape index (κ3) is 4.85. The van der Waals surface area contributed by atoms with E-state index < -0.39 is 0 Å². The first-order chi connectivity index (χ1) is 13.1. The first-order valence-corrected chi connectivity index (χ1v) is 8.90. The number of likely N-dealkylation sites (tertiary alicyclic amines) is 1. The molecule has 2 aromatic rings. The fourth-order valence-electron chi connectivity index (χ4n) is 3.29. The van der Waals surface area contributed by atoms with Crippen molar-refractivity contribution in [1.29, 1.82) is 0 Å². The molecule has 1 aromatic heterocycles. The normalized spacial score (nSPS) is 19.6. The molecular weight excluding hydrogens is 349 g/mol. The van der Waals surface area contributed by atoms with E-state index in [-0.39, 0.29) is 35.4 Å². The molecule has 0 aliphatic carbocycles. The topological polar surface area (TPSA) is 87.2 Å². The van der Waals surface area contributed by atoms with Crippen molar-refractivity contribution in [3.63, 3.8) is 0 Å². The molecule has 1 fully saturated rings. The average Bonchev–Trinajstić information content (AvgIpc) is 3.05. The fourth-order valence-corrected chi connectivity index (χ4v) is 3.29. The van der Waals surface area contributed by atoms with Gasteiger partial charge in [0.25, 0.3) is 5.91 Å². The summed E-state index contributed by atoms with van der Waals surface area (Å²) in [5.74, 6) is -0.728. The Morgan fingerprint density at radius 3 is 2.89 bits per heavy atom. The first-order valence-electron chi connectivity index (χ1n) is 8.90. The largest absolute Gasteiger partial charge is 0.355 e. The number of nitrogens with one attached hydrogen (secondary N) is 2. The van der Waals surface area contributed by atoms with Gasteiger partial charge in [0.2, 0.25) is 5.91 Å². The highest BCUT2D eigenvalue weighted by atomic mass is 19.1. The maximum absolute atomic E-state index is 13.5. The Balaban J connectivity index is 1.70. The second-order valence-electron chi connectivity index (χ2n) is 6.47. The molecule has 0 unspecified atom stereocenters. The molecule has 2 N–H and O–H groups in total. The van der Waals surface area contributed by atoms with Gasteiger partial charge in [0.05, 0.1) is 12.2 Å². The summed E-state index contributed by atoms with van der Waals surface area (Å²) in [5.41, 5.74) is 1.01. The third-order valence-corrected chi connectivity index (χ3v) is 4.46. The van der Waals surface area contributed by atoms with E-state index in [0.717, 1.165) is 5.56 Å². The molecule has 0 radical (unpaired) electrons. The van der Waals surface area contributed by atoms with Gasteiger partial charge in [0.15, 0.2) is 0 Å². The predicted molar refractivity (Wildman–Crippen MR) is 97.2 cm³/mol. The Hall–Kier alpha value is -2.87. The van der Waals surface area contributed by atoms with Crippen LogP contribution < -0.4 is 10.6 Å². The van der Waals surface area contributed by atoms with Crippen molar-refractivity contribution in [3.05, 3.63) is 59.9 Å². The van der Waals surface area contributed by atoms with Crippen LogP contribution in [0.2, 0.25) is 0 Å². The van der Waals surface area contributed by atoms with Gasteiger partial charge in [-0.1, -0.05) is 12.1 Å². The Bertz CT molecular complexity index is 802. The van der Waals surface area contributed by atoms with Crippen LogP contribution in [0, 0.1) is 5.82 Å². The van der Waals surface area contributed by atoms with Crippen LogP contribution in [-0.4, -0.2) is 51.9 Å². The number of hydrogen-bond donors (Lipinski definition) is 2. The van der Waals surface area contributed by atoms with Gasteiger partial charge in [-0.3, -0.25) is 19.5 Å². The zero-order chi connectivity index (χ0) is 19.2. The molecule has 142 valence electrons. The summed E-state index contributed by atoms with van der Waals surface area (Å²) >= 11 is 0. The number of likely N-dealkylation sites (N-methyl/N-ethyl adjacent to an activating group) is 1. The number of amides is 2. The lowest BCUT2D eigenvalue weighted by Gasteiger charge is -2.23. The monoisotopic (exact) mass is 371 g/mol. The van der Waals surface area contributed by atoms with E-state index in [1.807, 2.05) is 17.9 Å². The number of carbonyl (C=O) groups excluding carboxylic acids is 2. The maximum Gasteiger partial charge on any atom is 0.271 e. The number of hydrogen-bond acceptors (Lipinski definition) is 5. The van der Waals surface area contributed by atoms with Crippen molar-refractivity contribution in [1.82, 2.24) is 25.5 Å². The second kappa shape index (κ2) is 8.68. The number of benzene rings is 1. The number of nitrogens with zero attached hydrogens (tertiary/aromatic N) is 3. The second-order valence-corrected chi connectivity index (χ2v) is 6.47. The summed E-state index contributed by atoms with van der Waals surface area (Å²) in [7, 11) is 0. The summed E-state index contributed by atoms with van der Waals surface area (Å²) in [4.78, 5) is 34.6. The average molecular weight is 371 g/mol. The quantitative estimate of drug-likeness (QED) is 0.795. The van der Waals surface area contributed by atoms with Gasteiger partial charge in [-0.15, -0.1) is 0 Å². The van der Waals surface area contributed by atoms with Crippen molar-refractivity contribution in [2.75, 3.05) is 13.1 Å². The minimum absolute atomic E-state index is 0.0924. The van der Waals surface area contributed by atoms with Crippen LogP contribution in [0.3, 0.4) is 0 Å². The Labute approximate surface area is 157 Å². The zero-order valence-electron chi connectivity index (χ0n) is 15.1. The molecule has 0 bridgehead atoms. The third-order valence-electron chi connectivity index (χ3n) is 4.46. The van der Waals surface area contributed by atoms with Gasteiger partial charge in [-0.25, -0.2) is 9.37 Å². The van der Waals surface area contributed by atoms with E-state index in [4.69, 9.17) is 0 Å². The summed E-state index contributed by atoms with van der Waals surface area (Å²) in [6.45, 7) is 3.30. The highest BCUT2D eigenvalue weighted by Gasteiger charge is 2.37. The van der Waals surface area contributed by atoms with Crippen LogP contribution in [0.15, 0.2) is 42.9 Å². The fraction of sp³-hybridized carbons (Fsp3) is 0.368. The molecule has 0 spiro atoms. The molecule has 27 heavy (non-hydrogen) atoms. The van der Waals surface area contributed by atoms with E-state index in [0.29, 0.717) is 26.1 Å². The number of aromatic nitrogens is 2. The summed E-state index contributed by atoms with van der Waals surface area (Å²) < 4.78 is 13.5. The molecule has 2 heterocycles. The van der Waals surface area contributed by atoms with Gasteiger partial charge in [-0.2, -0.15) is 0 Å². The van der Waals surface area contributed by atoms with Crippen LogP contribution in [0.5, 0.6) is 0 Å². The molecule has 1 aliphatic rings. The maximum atomic E-state index is 13.5. The number of halogens is 1. The molecule has 8 heteroatoms. The highest BCUT2D eigenvalue weighted by Crippen LogP contribution is 2.21. The number of rotatable bonds is 6. The minimum Gasteiger partial charge on any atom is -0.355 e. The van der Waals surface area contributed by atoms with Gasteiger partial charge >= 0.3 is 0 Å². The van der Waals surface area contributed by atoms with E-state index in [9.17, 15) is 14.0 Å². The van der Waals surface area contributed by atoms with E-state index in [2.05, 4.69) is 20.6 Å². The molecule has 1 aromatic carbocycles. The zero-order valence-corrected chi connectivity index (χ0v) is 15.1. The molecule has 1 aliphatic heterocycles. The predicted octanol–water partition coefficient (Wildman–Crippen LogP) is 1.12. The van der Waals surface area contributed by atoms with E-state index >= 15 is 0 Å². The van der Waals surface area contributed by atoms with Crippen molar-refractivity contribution in [2.24, 2.45) is 0 Å². The standard InChI is InChI=1S/C19H22FN5O2/c1-2-22-19(27)17-9-15(24-18(26)16-10-21-6-7-23-16)12-25(17)11-13-4-3-5-14(20)8-13/h3-8,10,15,17H,2,9,11-12H2,1H3,(H,22,27)(H,24,26)/t15-,17-/m0/s1. The molecule has 2 amide bonds. The van der Waals surface area contributed by atoms with Gasteiger partial charge in [-0.05, 0) is 31.0 Å². The Morgan fingerprint density at radius 2 is 2.19 bits per heavy atom. The summed E-state index contributed by atoms with van der Waals surface area (Å²) in [5, 5.41) is 5.74. The van der Waals surface area contributed by atoms with Crippen molar-refractivity contribution in [2.45, 2.75) is 32.0 Å². The lowest BCUT2D eigenvalue weighted by Crippen LogP contribution is -2.42. The summed E-state index contributed by atoms with van der Waals surface area (Å²) in [6.07, 6.45) is 4.83. The Morgan fingerprint density at radius 1 is 1.33 bits per heavy atom. The van der Waals surface area contributed by atoms with Crippen LogP contribution in [0.1, 0.15) is 29.4 Å². The highest BCUT2D eigenvalue weighted by molar-refractivity contribution is 5.92. The van der Waals surface area contributed by atoms with Crippen LogP contribution >= 0.6 is 0 Å². The van der Waals surface area contributed by atoms with Gasteiger partial charge in [0.1, 0.15) is 11.5 Å². The smallest absolute Gasteiger partial charge is 0.271 e. The van der Waals surface area contributed by atoms with Gasteiger partial charge < -0.3 is 10.6 Å². The molecule has 7 nitrogen and oxygen atoms in total. The van der Waals surface area contributed by atoms with Crippen LogP contribution in [0.25, 0.3) is 0 Å². The lowest BCUT2D eigenvalue weighted by molar-refractivity contribution is -0.125. The molecule has 1 saturated heterocycles. The molecule has 0 saturated carbocycles. The van der Waals surface area contributed by atoms with Crippen LogP contribution in [0.4, 0.5) is 4.39 Å². The lowest BCUT2D eigenvalue weighted by atomic mass is 10.1. The minimum atomic E-state index is -0.389. The van der Waals surface area contributed by atoms with E-state index in [1.54, 1.807) is 6.07 Å². The molecule has 2 atom stereocenters. The molecular formula is C19H22FN5O2. The SMILES string of the molecule is CCNC(=O)[C@@H]1C[C@H](NC(=O)c2cnccn2)CN1Cc1cccc(F)c1. The Kier molecular flexibility index (Phi) is 6.08. The summed E-state index contributed by atoms with van der Waals surface area (Å²) in [6, 6.07) is 5.72. The first kappa shape index (κ1) is 18.9. The molecule has 3 rings (SSSR count).